The van der Waals surface area contributed by atoms with Crippen LogP contribution in [0.4, 0.5) is 5.69 Å². The fourth-order valence-electron chi connectivity index (χ4n) is 3.00. The van der Waals surface area contributed by atoms with Crippen LogP contribution in [0.5, 0.6) is 11.5 Å². The monoisotopic (exact) mass is 437 g/mol. The van der Waals surface area contributed by atoms with Gasteiger partial charge in [0, 0.05) is 34.8 Å². The summed E-state index contributed by atoms with van der Waals surface area (Å²) in [6, 6.07) is 15.4. The standard InChI is InChI=1S/C22H19N3O3S2/c1-27-16-8-15(9-17(10-16)28-2)25-19(26)12-30-22-20-18(14-6-4-3-5-7-14)11-29-21(20)23-13-24-22/h3-11,13H,12H2,1-2H3,(H,25,26). The highest BCUT2D eigenvalue weighted by Gasteiger charge is 2.15. The summed E-state index contributed by atoms with van der Waals surface area (Å²) in [6.07, 6.45) is 1.54. The molecule has 2 aromatic carbocycles. The lowest BCUT2D eigenvalue weighted by molar-refractivity contribution is -0.113. The molecule has 2 heterocycles. The van der Waals surface area contributed by atoms with Crippen molar-refractivity contribution in [2.45, 2.75) is 5.03 Å². The molecule has 0 spiro atoms. The molecule has 4 rings (SSSR count). The van der Waals surface area contributed by atoms with Gasteiger partial charge < -0.3 is 14.8 Å². The Bertz CT molecular complexity index is 1160. The van der Waals surface area contributed by atoms with Crippen LogP contribution in [0.3, 0.4) is 0 Å². The van der Waals surface area contributed by atoms with Crippen molar-refractivity contribution in [2.75, 3.05) is 25.3 Å². The number of fused-ring (bicyclic) bond motifs is 1. The average Bonchev–Trinajstić information content (AvgIpc) is 3.23. The maximum Gasteiger partial charge on any atom is 0.234 e. The van der Waals surface area contributed by atoms with Crippen LogP contribution in [0.15, 0.2) is 65.3 Å². The first kappa shape index (κ1) is 20.2. The molecular formula is C22H19N3O3S2. The largest absolute Gasteiger partial charge is 0.497 e. The molecule has 6 nitrogen and oxygen atoms in total. The van der Waals surface area contributed by atoms with Gasteiger partial charge in [0.15, 0.2) is 0 Å². The number of ether oxygens (including phenoxy) is 2. The van der Waals surface area contributed by atoms with Crippen LogP contribution in [0, 0.1) is 0 Å². The van der Waals surface area contributed by atoms with Gasteiger partial charge in [-0.3, -0.25) is 4.79 Å². The minimum Gasteiger partial charge on any atom is -0.497 e. The number of carbonyl (C=O) groups is 1. The minimum atomic E-state index is -0.140. The van der Waals surface area contributed by atoms with Crippen LogP contribution in [0.1, 0.15) is 0 Å². The first-order valence-corrected chi connectivity index (χ1v) is 11.0. The second-order valence-corrected chi connectivity index (χ2v) is 8.13. The lowest BCUT2D eigenvalue weighted by Crippen LogP contribution is -2.14. The fourth-order valence-corrected chi connectivity index (χ4v) is 4.79. The minimum absolute atomic E-state index is 0.140. The summed E-state index contributed by atoms with van der Waals surface area (Å²) in [6.45, 7) is 0. The van der Waals surface area contributed by atoms with E-state index in [1.807, 2.05) is 18.2 Å². The number of nitrogens with one attached hydrogen (secondary N) is 1. The number of nitrogens with zero attached hydrogens (tertiary/aromatic N) is 2. The van der Waals surface area contributed by atoms with E-state index in [9.17, 15) is 4.79 Å². The van der Waals surface area contributed by atoms with Gasteiger partial charge in [0.05, 0.1) is 25.4 Å². The summed E-state index contributed by atoms with van der Waals surface area (Å²) >= 11 is 2.97. The molecule has 1 N–H and O–H groups in total. The quantitative estimate of drug-likeness (QED) is 0.320. The number of hydrogen-bond donors (Lipinski definition) is 1. The summed E-state index contributed by atoms with van der Waals surface area (Å²) < 4.78 is 10.5. The van der Waals surface area contributed by atoms with Crippen molar-refractivity contribution in [2.24, 2.45) is 0 Å². The predicted molar refractivity (Wildman–Crippen MR) is 122 cm³/mol. The molecule has 0 radical (unpaired) electrons. The van der Waals surface area contributed by atoms with Crippen molar-refractivity contribution in [1.29, 1.82) is 0 Å². The van der Waals surface area contributed by atoms with Gasteiger partial charge in [-0.1, -0.05) is 42.1 Å². The Labute approximate surface area is 182 Å². The van der Waals surface area contributed by atoms with Crippen molar-refractivity contribution in [1.82, 2.24) is 9.97 Å². The number of hydrogen-bond acceptors (Lipinski definition) is 7. The molecule has 0 aliphatic carbocycles. The lowest BCUT2D eigenvalue weighted by Gasteiger charge is -2.10. The number of methoxy groups -OCH3 is 2. The molecular weight excluding hydrogens is 418 g/mol. The Hall–Kier alpha value is -3.10. The molecule has 152 valence electrons. The van der Waals surface area contributed by atoms with Crippen molar-refractivity contribution < 1.29 is 14.3 Å². The Morgan fingerprint density at radius 2 is 1.80 bits per heavy atom. The van der Waals surface area contributed by atoms with Crippen LogP contribution in [0.2, 0.25) is 0 Å². The lowest BCUT2D eigenvalue weighted by atomic mass is 10.1. The van der Waals surface area contributed by atoms with Crippen LogP contribution >= 0.6 is 23.1 Å². The number of thiophene rings is 1. The van der Waals surface area contributed by atoms with E-state index in [-0.39, 0.29) is 11.7 Å². The molecule has 30 heavy (non-hydrogen) atoms. The maximum atomic E-state index is 12.6. The molecule has 0 saturated heterocycles. The molecule has 0 fully saturated rings. The van der Waals surface area contributed by atoms with Crippen molar-refractivity contribution in [3.63, 3.8) is 0 Å². The van der Waals surface area contributed by atoms with Gasteiger partial charge in [-0.15, -0.1) is 11.3 Å². The number of anilines is 1. The fraction of sp³-hybridized carbons (Fsp3) is 0.136. The number of rotatable bonds is 7. The van der Waals surface area contributed by atoms with E-state index in [0.717, 1.165) is 26.4 Å². The molecule has 0 aliphatic heterocycles. The first-order valence-electron chi connectivity index (χ1n) is 9.11. The summed E-state index contributed by atoms with van der Waals surface area (Å²) in [5.74, 6) is 1.30. The molecule has 0 saturated carbocycles. The molecule has 1 amide bonds. The summed E-state index contributed by atoms with van der Waals surface area (Å²) in [7, 11) is 3.14. The van der Waals surface area contributed by atoms with Gasteiger partial charge in [-0.05, 0) is 5.56 Å². The van der Waals surface area contributed by atoms with Gasteiger partial charge in [0.1, 0.15) is 27.7 Å². The molecule has 2 aromatic heterocycles. The van der Waals surface area contributed by atoms with E-state index in [4.69, 9.17) is 9.47 Å². The van der Waals surface area contributed by atoms with E-state index in [0.29, 0.717) is 17.2 Å². The number of carbonyl (C=O) groups excluding carboxylic acids is 1. The van der Waals surface area contributed by atoms with Crippen molar-refractivity contribution in [3.8, 4) is 22.6 Å². The molecule has 8 heteroatoms. The van der Waals surface area contributed by atoms with E-state index in [2.05, 4.69) is 32.8 Å². The molecule has 0 unspecified atom stereocenters. The first-order chi connectivity index (χ1) is 14.7. The predicted octanol–water partition coefficient (Wildman–Crippen LogP) is 5.11. The normalized spacial score (nSPS) is 10.7. The number of benzene rings is 2. The van der Waals surface area contributed by atoms with Crippen molar-refractivity contribution >= 4 is 44.9 Å². The van der Waals surface area contributed by atoms with Crippen molar-refractivity contribution in [3.05, 3.63) is 60.2 Å². The van der Waals surface area contributed by atoms with Crippen LogP contribution in [-0.4, -0.2) is 35.8 Å². The number of amides is 1. The summed E-state index contributed by atoms with van der Waals surface area (Å²) in [5, 5.41) is 6.75. The van der Waals surface area contributed by atoms with Gasteiger partial charge in [0.2, 0.25) is 5.91 Å². The zero-order chi connectivity index (χ0) is 20.9. The van der Waals surface area contributed by atoms with Crippen LogP contribution in [-0.2, 0) is 4.79 Å². The van der Waals surface area contributed by atoms with Gasteiger partial charge >= 0.3 is 0 Å². The number of thioether (sulfide) groups is 1. The number of aromatic nitrogens is 2. The third-order valence-electron chi connectivity index (χ3n) is 4.40. The van der Waals surface area contributed by atoms with E-state index >= 15 is 0 Å². The summed E-state index contributed by atoms with van der Waals surface area (Å²) in [4.78, 5) is 22.3. The van der Waals surface area contributed by atoms with Gasteiger partial charge in [0.25, 0.3) is 0 Å². The topological polar surface area (TPSA) is 73.3 Å². The highest BCUT2D eigenvalue weighted by atomic mass is 32.2. The van der Waals surface area contributed by atoms with E-state index in [1.54, 1.807) is 50.1 Å². The van der Waals surface area contributed by atoms with E-state index in [1.165, 1.54) is 11.8 Å². The summed E-state index contributed by atoms with van der Waals surface area (Å²) in [5.41, 5.74) is 2.80. The Kier molecular flexibility index (Phi) is 6.15. The second-order valence-electron chi connectivity index (χ2n) is 6.31. The zero-order valence-corrected chi connectivity index (χ0v) is 18.0. The highest BCUT2D eigenvalue weighted by molar-refractivity contribution is 8.00. The second kappa shape index (κ2) is 9.15. The van der Waals surface area contributed by atoms with Gasteiger partial charge in [-0.2, -0.15) is 0 Å². The Morgan fingerprint density at radius 3 is 2.50 bits per heavy atom. The molecule has 0 bridgehead atoms. The molecule has 4 aromatic rings. The van der Waals surface area contributed by atoms with E-state index < -0.39 is 0 Å². The third-order valence-corrected chi connectivity index (χ3v) is 6.27. The van der Waals surface area contributed by atoms with Gasteiger partial charge in [-0.25, -0.2) is 9.97 Å². The molecule has 0 atom stereocenters. The Balaban J connectivity index is 1.53. The maximum absolute atomic E-state index is 12.6. The highest BCUT2D eigenvalue weighted by Crippen LogP contribution is 2.37. The smallest absolute Gasteiger partial charge is 0.234 e. The molecule has 0 aliphatic rings. The average molecular weight is 438 g/mol. The Morgan fingerprint density at radius 1 is 1.07 bits per heavy atom. The van der Waals surface area contributed by atoms with Crippen LogP contribution < -0.4 is 14.8 Å². The SMILES string of the molecule is COc1cc(NC(=O)CSc2ncnc3scc(-c4ccccc4)c23)cc(OC)c1. The third kappa shape index (κ3) is 4.39. The van der Waals surface area contributed by atoms with Crippen LogP contribution in [0.25, 0.3) is 21.3 Å². The zero-order valence-electron chi connectivity index (χ0n) is 16.4.